The normalized spacial score (nSPS) is 14.9. The monoisotopic (exact) mass is 614 g/mol. The Kier molecular flexibility index (Phi) is 8.13. The summed E-state index contributed by atoms with van der Waals surface area (Å²) in [6, 6.07) is 25.5. The van der Waals surface area contributed by atoms with Crippen molar-refractivity contribution in [2.75, 3.05) is 6.61 Å². The molecule has 0 fully saturated rings. The Bertz CT molecular complexity index is 2210. The minimum atomic E-state index is -0.659. The molecule has 1 unspecified atom stereocenters. The fourth-order valence-corrected chi connectivity index (χ4v) is 7.11. The Morgan fingerprint density at radius 1 is 1.07 bits per heavy atom. The molecule has 0 bridgehead atoms. The van der Waals surface area contributed by atoms with Gasteiger partial charge >= 0.3 is 5.97 Å². The van der Waals surface area contributed by atoms with Gasteiger partial charge in [0, 0.05) is 28.7 Å². The number of hydrogen-bond acceptors (Lipinski definition) is 6. The van der Waals surface area contributed by atoms with Gasteiger partial charge in [0.15, 0.2) is 4.80 Å². The molecule has 8 heteroatoms. The predicted octanol–water partition coefficient (Wildman–Crippen LogP) is 6.10. The minimum Gasteiger partial charge on any atom is -0.463 e. The van der Waals surface area contributed by atoms with Gasteiger partial charge in [-0.25, -0.2) is 9.79 Å². The molecule has 7 nitrogen and oxygen atoms in total. The first-order valence-electron chi connectivity index (χ1n) is 15.1. The van der Waals surface area contributed by atoms with E-state index in [9.17, 15) is 14.9 Å². The van der Waals surface area contributed by atoms with E-state index in [0.29, 0.717) is 38.6 Å². The van der Waals surface area contributed by atoms with E-state index >= 15 is 0 Å². The first kappa shape index (κ1) is 30.0. The van der Waals surface area contributed by atoms with E-state index in [0.717, 1.165) is 33.3 Å². The topological polar surface area (TPSA) is 89.4 Å². The number of thiazole rings is 1. The molecule has 6 rings (SSSR count). The number of fused-ring (bicyclic) bond motifs is 2. The number of hydrogen-bond donors (Lipinski definition) is 0. The smallest absolute Gasteiger partial charge is 0.338 e. The average molecular weight is 615 g/mol. The van der Waals surface area contributed by atoms with Crippen LogP contribution in [0, 0.1) is 18.3 Å². The van der Waals surface area contributed by atoms with Gasteiger partial charge in [0.05, 0.1) is 40.1 Å². The SMILES string of the molecule is CCOC(=O)C1=C(C)N=c2sc(=Cc3c(C)n(Cc4ccccc4C#N)c4ccccc34)c(=O)n2C1c1ccc(C(C)C)cc1. The highest BCUT2D eigenvalue weighted by Crippen LogP contribution is 2.32. The summed E-state index contributed by atoms with van der Waals surface area (Å²) in [6.45, 7) is 10.6. The van der Waals surface area contributed by atoms with Gasteiger partial charge in [-0.05, 0) is 61.6 Å². The zero-order valence-electron chi connectivity index (χ0n) is 26.0. The Labute approximate surface area is 265 Å². The lowest BCUT2D eigenvalue weighted by molar-refractivity contribution is -0.139. The fourth-order valence-electron chi connectivity index (χ4n) is 6.08. The molecule has 0 amide bonds. The molecule has 1 aliphatic rings. The third kappa shape index (κ3) is 5.34. The molecule has 3 heterocycles. The van der Waals surface area contributed by atoms with E-state index in [1.54, 1.807) is 18.4 Å². The van der Waals surface area contributed by atoms with Crippen molar-refractivity contribution in [3.05, 3.63) is 137 Å². The van der Waals surface area contributed by atoms with Crippen LogP contribution in [-0.4, -0.2) is 21.7 Å². The second-order valence-corrected chi connectivity index (χ2v) is 12.5. The zero-order valence-corrected chi connectivity index (χ0v) is 26.8. The van der Waals surface area contributed by atoms with Crippen LogP contribution in [0.15, 0.2) is 93.9 Å². The van der Waals surface area contributed by atoms with Gasteiger partial charge in [0.1, 0.15) is 0 Å². The van der Waals surface area contributed by atoms with E-state index in [-0.39, 0.29) is 12.2 Å². The second-order valence-electron chi connectivity index (χ2n) is 11.5. The number of aromatic nitrogens is 2. The van der Waals surface area contributed by atoms with Crippen molar-refractivity contribution >= 4 is 34.3 Å². The van der Waals surface area contributed by atoms with Gasteiger partial charge in [-0.1, -0.05) is 85.8 Å². The van der Waals surface area contributed by atoms with Crippen LogP contribution < -0.4 is 14.9 Å². The van der Waals surface area contributed by atoms with Crippen LogP contribution in [0.25, 0.3) is 17.0 Å². The van der Waals surface area contributed by atoms with Gasteiger partial charge in [0.25, 0.3) is 5.56 Å². The maximum Gasteiger partial charge on any atom is 0.338 e. The number of nitrogens with zero attached hydrogens (tertiary/aromatic N) is 4. The van der Waals surface area contributed by atoms with E-state index in [2.05, 4.69) is 48.7 Å². The summed E-state index contributed by atoms with van der Waals surface area (Å²) >= 11 is 1.32. The van der Waals surface area contributed by atoms with E-state index in [1.807, 2.05) is 61.5 Å². The molecule has 5 aromatic rings. The number of carbonyl (C=O) groups excluding carboxylic acids is 1. The maximum absolute atomic E-state index is 14.3. The van der Waals surface area contributed by atoms with E-state index in [1.165, 1.54) is 16.9 Å². The van der Waals surface area contributed by atoms with Gasteiger partial charge < -0.3 is 9.30 Å². The summed E-state index contributed by atoms with van der Waals surface area (Å²) in [4.78, 5) is 32.9. The summed E-state index contributed by atoms with van der Waals surface area (Å²) in [5.41, 5.74) is 7.21. The summed E-state index contributed by atoms with van der Waals surface area (Å²) in [5, 5.41) is 10.7. The molecule has 1 aliphatic heterocycles. The number of para-hydroxylation sites is 1. The molecule has 1 atom stereocenters. The van der Waals surface area contributed by atoms with Crippen molar-refractivity contribution in [2.45, 2.75) is 53.1 Å². The van der Waals surface area contributed by atoms with Crippen molar-refractivity contribution in [3.63, 3.8) is 0 Å². The molecule has 0 saturated carbocycles. The average Bonchev–Trinajstić information content (AvgIpc) is 3.49. The first-order valence-corrected chi connectivity index (χ1v) is 15.9. The van der Waals surface area contributed by atoms with Crippen LogP contribution in [0.3, 0.4) is 0 Å². The predicted molar refractivity (Wildman–Crippen MR) is 178 cm³/mol. The molecular formula is C37H34N4O3S. The number of nitriles is 1. The third-order valence-corrected chi connectivity index (χ3v) is 9.44. The molecule has 226 valence electrons. The lowest BCUT2D eigenvalue weighted by Crippen LogP contribution is -2.40. The molecule has 3 aromatic carbocycles. The Morgan fingerprint density at radius 2 is 1.78 bits per heavy atom. The molecule has 2 aromatic heterocycles. The number of carbonyl (C=O) groups is 1. The number of allylic oxidation sites excluding steroid dienone is 1. The number of esters is 1. The van der Waals surface area contributed by atoms with Crippen LogP contribution in [0.4, 0.5) is 0 Å². The lowest BCUT2D eigenvalue weighted by Gasteiger charge is -2.25. The third-order valence-electron chi connectivity index (χ3n) is 8.46. The highest BCUT2D eigenvalue weighted by molar-refractivity contribution is 7.07. The lowest BCUT2D eigenvalue weighted by atomic mass is 9.93. The molecular weight excluding hydrogens is 580 g/mol. The second kappa shape index (κ2) is 12.2. The van der Waals surface area contributed by atoms with Crippen molar-refractivity contribution in [1.29, 1.82) is 5.26 Å². The summed E-state index contributed by atoms with van der Waals surface area (Å²) < 4.78 is 9.81. The molecule has 45 heavy (non-hydrogen) atoms. The standard InChI is InChI=1S/C37H34N4O3S/c1-6-44-36(43)33-23(4)39-37-41(34(33)26-17-15-25(16-18-26)22(2)3)35(42)32(45-37)19-30-24(5)40(31-14-10-9-13-29(30)31)21-28-12-8-7-11-27(28)20-38/h7-19,22,34H,6,21H2,1-5H3. The number of ether oxygens (including phenoxy) is 1. The van der Waals surface area contributed by atoms with Crippen molar-refractivity contribution in [2.24, 2.45) is 4.99 Å². The van der Waals surface area contributed by atoms with Crippen molar-refractivity contribution in [3.8, 4) is 6.07 Å². The fraction of sp³-hybridized carbons (Fsp3) is 0.243. The van der Waals surface area contributed by atoms with Gasteiger partial charge in [-0.3, -0.25) is 9.36 Å². The van der Waals surface area contributed by atoms with E-state index in [4.69, 9.17) is 9.73 Å². The van der Waals surface area contributed by atoms with Crippen LogP contribution in [-0.2, 0) is 16.1 Å². The molecule has 0 spiro atoms. The Balaban J connectivity index is 1.54. The largest absolute Gasteiger partial charge is 0.463 e. The summed E-state index contributed by atoms with van der Waals surface area (Å²) in [5.74, 6) is -0.121. The Morgan fingerprint density at radius 3 is 2.49 bits per heavy atom. The number of benzene rings is 3. The highest BCUT2D eigenvalue weighted by atomic mass is 32.1. The van der Waals surface area contributed by atoms with Crippen LogP contribution >= 0.6 is 11.3 Å². The van der Waals surface area contributed by atoms with Gasteiger partial charge in [-0.15, -0.1) is 0 Å². The molecule has 0 N–H and O–H groups in total. The maximum atomic E-state index is 14.3. The summed E-state index contributed by atoms with van der Waals surface area (Å²) in [7, 11) is 0. The van der Waals surface area contributed by atoms with Crippen LogP contribution in [0.2, 0.25) is 0 Å². The highest BCUT2D eigenvalue weighted by Gasteiger charge is 2.33. The van der Waals surface area contributed by atoms with Crippen molar-refractivity contribution in [1.82, 2.24) is 9.13 Å². The van der Waals surface area contributed by atoms with Gasteiger partial charge in [-0.2, -0.15) is 5.26 Å². The molecule has 0 radical (unpaired) electrons. The van der Waals surface area contributed by atoms with E-state index < -0.39 is 12.0 Å². The van der Waals surface area contributed by atoms with Crippen molar-refractivity contribution < 1.29 is 9.53 Å². The first-order chi connectivity index (χ1) is 21.7. The minimum absolute atomic E-state index is 0.211. The Hall–Kier alpha value is -5.00. The van der Waals surface area contributed by atoms with Crippen LogP contribution in [0.1, 0.15) is 73.2 Å². The number of rotatable bonds is 7. The zero-order chi connectivity index (χ0) is 31.8. The molecule has 0 aliphatic carbocycles. The summed E-state index contributed by atoms with van der Waals surface area (Å²) in [6.07, 6.45) is 1.94. The quantitative estimate of drug-likeness (QED) is 0.207. The van der Waals surface area contributed by atoms with Gasteiger partial charge in [0.2, 0.25) is 0 Å². The van der Waals surface area contributed by atoms with Crippen LogP contribution in [0.5, 0.6) is 0 Å². The molecule has 0 saturated heterocycles.